The van der Waals surface area contributed by atoms with Gasteiger partial charge in [0.25, 0.3) is 0 Å². The molecule has 0 bridgehead atoms. The van der Waals surface area contributed by atoms with Gasteiger partial charge in [-0.2, -0.15) is 11.8 Å². The summed E-state index contributed by atoms with van der Waals surface area (Å²) in [5.74, 6) is -0.544. The molecule has 0 saturated carbocycles. The summed E-state index contributed by atoms with van der Waals surface area (Å²) in [5.41, 5.74) is 3.67. The molecular weight excluding hydrogens is 306 g/mol. The summed E-state index contributed by atoms with van der Waals surface area (Å²) in [7, 11) is 0. The van der Waals surface area contributed by atoms with Gasteiger partial charge >= 0.3 is 5.97 Å². The van der Waals surface area contributed by atoms with Crippen LogP contribution in [-0.4, -0.2) is 27.1 Å². The predicted molar refractivity (Wildman–Crippen MR) is 97.7 cm³/mol. The molecule has 1 N–H and O–H groups in total. The van der Waals surface area contributed by atoms with Crippen LogP contribution in [0.3, 0.4) is 0 Å². The number of aromatic carboxylic acids is 1. The van der Waals surface area contributed by atoms with Gasteiger partial charge in [0.2, 0.25) is 0 Å². The second-order valence-corrected chi connectivity index (χ2v) is 7.49. The van der Waals surface area contributed by atoms with Crippen LogP contribution in [0.2, 0.25) is 0 Å². The monoisotopic (exact) mass is 331 g/mol. The van der Waals surface area contributed by atoms with Gasteiger partial charge in [0.1, 0.15) is 0 Å². The molecule has 0 aliphatic rings. The van der Waals surface area contributed by atoms with Crippen LogP contribution in [0.1, 0.15) is 54.0 Å². The second-order valence-electron chi connectivity index (χ2n) is 6.21. The Kier molecular flexibility index (Phi) is 5.94. The Morgan fingerprint density at radius 2 is 1.87 bits per heavy atom. The molecule has 0 aliphatic heterocycles. The number of rotatable bonds is 7. The lowest BCUT2D eigenvalue weighted by Crippen LogP contribution is -2.15. The Morgan fingerprint density at radius 3 is 2.39 bits per heavy atom. The number of aromatic nitrogens is 1. The van der Waals surface area contributed by atoms with E-state index in [2.05, 4.69) is 43.7 Å². The third-order valence-corrected chi connectivity index (χ3v) is 5.10. The minimum Gasteiger partial charge on any atom is -0.478 e. The Bertz CT molecular complexity index is 662. The topological polar surface area (TPSA) is 42.2 Å². The summed E-state index contributed by atoms with van der Waals surface area (Å²) in [6.45, 7) is 7.09. The van der Waals surface area contributed by atoms with E-state index >= 15 is 0 Å². The number of hydrogen-bond acceptors (Lipinski definition) is 2. The molecule has 1 aromatic carbocycles. The van der Waals surface area contributed by atoms with Gasteiger partial charge in [0.15, 0.2) is 0 Å². The van der Waals surface area contributed by atoms with Crippen LogP contribution in [0, 0.1) is 0 Å². The molecule has 124 valence electrons. The first-order valence-corrected chi connectivity index (χ1v) is 9.25. The fourth-order valence-electron chi connectivity index (χ4n) is 2.80. The average Bonchev–Trinajstić information content (AvgIpc) is 2.87. The Hall–Kier alpha value is -1.68. The van der Waals surface area contributed by atoms with Crippen molar-refractivity contribution in [3.63, 3.8) is 0 Å². The van der Waals surface area contributed by atoms with E-state index < -0.39 is 5.97 Å². The van der Waals surface area contributed by atoms with Crippen molar-refractivity contribution in [1.29, 1.82) is 0 Å². The van der Waals surface area contributed by atoms with Crippen molar-refractivity contribution >= 4 is 17.7 Å². The van der Waals surface area contributed by atoms with Crippen LogP contribution < -0.4 is 0 Å². The zero-order chi connectivity index (χ0) is 17.0. The molecule has 1 atom stereocenters. The van der Waals surface area contributed by atoms with E-state index in [1.807, 2.05) is 24.3 Å². The van der Waals surface area contributed by atoms with Gasteiger partial charge in [-0.15, -0.1) is 0 Å². The summed E-state index contributed by atoms with van der Waals surface area (Å²) >= 11 is 1.77. The fraction of sp³-hybridized carbons (Fsp3) is 0.421. The maximum atomic E-state index is 11.7. The van der Waals surface area contributed by atoms with Crippen molar-refractivity contribution in [3.05, 3.63) is 58.9 Å². The maximum absolute atomic E-state index is 11.7. The Labute approximate surface area is 142 Å². The number of thioether (sulfide) groups is 1. The predicted octanol–water partition coefficient (Wildman–Crippen LogP) is 4.65. The van der Waals surface area contributed by atoms with Crippen molar-refractivity contribution in [2.45, 2.75) is 44.9 Å². The highest BCUT2D eigenvalue weighted by atomic mass is 32.2. The number of hydrogen-bond donors (Lipinski definition) is 1. The molecule has 2 aromatic rings. The van der Waals surface area contributed by atoms with E-state index in [0.717, 1.165) is 24.4 Å². The van der Waals surface area contributed by atoms with Crippen LogP contribution in [0.15, 0.2) is 36.4 Å². The molecule has 4 heteroatoms. The zero-order valence-electron chi connectivity index (χ0n) is 14.2. The van der Waals surface area contributed by atoms with Crippen molar-refractivity contribution in [1.82, 2.24) is 4.57 Å². The van der Waals surface area contributed by atoms with Crippen LogP contribution in [-0.2, 0) is 13.0 Å². The van der Waals surface area contributed by atoms with Crippen molar-refractivity contribution in [3.8, 4) is 0 Å². The lowest BCUT2D eigenvalue weighted by Gasteiger charge is -2.18. The van der Waals surface area contributed by atoms with Gasteiger partial charge in [0.05, 0.1) is 5.56 Å². The first kappa shape index (κ1) is 17.7. The Morgan fingerprint density at radius 1 is 1.22 bits per heavy atom. The number of nitrogens with zero attached hydrogens (tertiary/aromatic N) is 1. The van der Waals surface area contributed by atoms with Crippen molar-refractivity contribution in [2.75, 3.05) is 6.26 Å². The summed E-state index contributed by atoms with van der Waals surface area (Å²) in [5, 5.41) is 10.0. The van der Waals surface area contributed by atoms with Crippen molar-refractivity contribution in [2.24, 2.45) is 0 Å². The normalized spacial score (nSPS) is 12.6. The molecule has 1 unspecified atom stereocenters. The molecule has 0 fully saturated rings. The van der Waals surface area contributed by atoms with Gasteiger partial charge < -0.3 is 9.67 Å². The lowest BCUT2D eigenvalue weighted by atomic mass is 10.1. The molecule has 1 heterocycles. The van der Waals surface area contributed by atoms with Gasteiger partial charge in [-0.1, -0.05) is 51.1 Å². The van der Waals surface area contributed by atoms with Crippen LogP contribution >= 0.6 is 11.8 Å². The SMILES string of the molecule is CSC(C)Cc1c(C(=O)O)cc(C(C)C)n1Cc1ccccc1. The standard InChI is InChI=1S/C19H25NO2S/c1-13(2)17-11-16(19(21)22)18(10-14(3)23-4)20(17)12-15-8-6-5-7-9-15/h5-9,11,13-14H,10,12H2,1-4H3,(H,21,22). The largest absolute Gasteiger partial charge is 0.478 e. The highest BCUT2D eigenvalue weighted by molar-refractivity contribution is 7.99. The molecular formula is C19H25NO2S. The number of carbonyl (C=O) groups is 1. The van der Waals surface area contributed by atoms with Gasteiger partial charge in [-0.25, -0.2) is 4.79 Å². The first-order chi connectivity index (χ1) is 10.9. The molecule has 2 rings (SSSR count). The third kappa shape index (κ3) is 4.20. The molecule has 23 heavy (non-hydrogen) atoms. The summed E-state index contributed by atoms with van der Waals surface area (Å²) in [4.78, 5) is 11.7. The van der Waals surface area contributed by atoms with Crippen molar-refractivity contribution < 1.29 is 9.90 Å². The van der Waals surface area contributed by atoms with Gasteiger partial charge in [-0.3, -0.25) is 0 Å². The van der Waals surface area contributed by atoms with E-state index in [-0.39, 0.29) is 5.92 Å². The summed E-state index contributed by atoms with van der Waals surface area (Å²) in [6, 6.07) is 12.1. The second kappa shape index (κ2) is 7.73. The minimum atomic E-state index is -0.831. The summed E-state index contributed by atoms with van der Waals surface area (Å²) < 4.78 is 2.20. The molecule has 0 saturated heterocycles. The van der Waals surface area contributed by atoms with E-state index in [1.54, 1.807) is 11.8 Å². The third-order valence-electron chi connectivity index (χ3n) is 4.13. The molecule has 0 radical (unpaired) electrons. The van der Waals surface area contributed by atoms with Gasteiger partial charge in [0, 0.05) is 29.6 Å². The van der Waals surface area contributed by atoms with E-state index in [0.29, 0.717) is 10.8 Å². The van der Waals surface area contributed by atoms with E-state index in [1.165, 1.54) is 5.56 Å². The van der Waals surface area contributed by atoms with E-state index in [4.69, 9.17) is 0 Å². The highest BCUT2D eigenvalue weighted by Crippen LogP contribution is 2.27. The van der Waals surface area contributed by atoms with Crippen LogP contribution in [0.4, 0.5) is 0 Å². The summed E-state index contributed by atoms with van der Waals surface area (Å²) in [6.07, 6.45) is 2.83. The maximum Gasteiger partial charge on any atom is 0.337 e. The quantitative estimate of drug-likeness (QED) is 0.803. The Balaban J connectivity index is 2.52. The van der Waals surface area contributed by atoms with Gasteiger partial charge in [-0.05, 0) is 23.8 Å². The minimum absolute atomic E-state index is 0.287. The molecule has 0 aliphatic carbocycles. The molecule has 1 aromatic heterocycles. The first-order valence-electron chi connectivity index (χ1n) is 7.96. The lowest BCUT2D eigenvalue weighted by molar-refractivity contribution is 0.0695. The number of carboxylic acids is 1. The fourth-order valence-corrected chi connectivity index (χ4v) is 3.13. The average molecular weight is 331 g/mol. The zero-order valence-corrected chi connectivity index (χ0v) is 15.1. The number of carboxylic acid groups (broad SMARTS) is 1. The van der Waals surface area contributed by atoms with E-state index in [9.17, 15) is 9.90 Å². The van der Waals surface area contributed by atoms with Crippen LogP contribution in [0.5, 0.6) is 0 Å². The highest BCUT2D eigenvalue weighted by Gasteiger charge is 2.22. The number of benzene rings is 1. The smallest absolute Gasteiger partial charge is 0.337 e. The molecule has 0 spiro atoms. The molecule has 0 amide bonds. The molecule has 3 nitrogen and oxygen atoms in total. The van der Waals surface area contributed by atoms with Crippen LogP contribution in [0.25, 0.3) is 0 Å².